The predicted octanol–water partition coefficient (Wildman–Crippen LogP) is 2.12. The average molecular weight is 352 g/mol. The van der Waals surface area contributed by atoms with Crippen LogP contribution in [0.5, 0.6) is 5.75 Å². The number of methoxy groups -OCH3 is 1. The standard InChI is InChI=1S/C19H25FO5/c1-18(14(25-18)8-9-23-12-6-4-3-5-7-12)17-16(22-2)15(21)13(20)10-19(17)11-24-19/h3-7,13-17,21H,8-11H2,1-2H3. The maximum atomic E-state index is 14.1. The van der Waals surface area contributed by atoms with Crippen molar-refractivity contribution in [1.82, 2.24) is 0 Å². The fraction of sp³-hybridized carbons (Fsp3) is 0.684. The minimum absolute atomic E-state index is 0.0108. The monoisotopic (exact) mass is 352 g/mol. The molecule has 0 amide bonds. The van der Waals surface area contributed by atoms with Crippen LogP contribution in [0.3, 0.4) is 0 Å². The van der Waals surface area contributed by atoms with Gasteiger partial charge in [0, 0.05) is 20.0 Å². The van der Waals surface area contributed by atoms with E-state index < -0.39 is 29.6 Å². The molecule has 0 aromatic heterocycles. The van der Waals surface area contributed by atoms with Crippen LogP contribution in [0.1, 0.15) is 19.8 Å². The third-order valence-electron chi connectivity index (χ3n) is 5.92. The summed E-state index contributed by atoms with van der Waals surface area (Å²) in [7, 11) is 1.51. The van der Waals surface area contributed by atoms with E-state index in [9.17, 15) is 9.50 Å². The van der Waals surface area contributed by atoms with Gasteiger partial charge in [0.2, 0.25) is 0 Å². The third-order valence-corrected chi connectivity index (χ3v) is 5.92. The first-order valence-corrected chi connectivity index (χ1v) is 8.85. The predicted molar refractivity (Wildman–Crippen MR) is 88.3 cm³/mol. The number of rotatable bonds is 6. The topological polar surface area (TPSA) is 63.8 Å². The molecule has 0 bridgehead atoms. The van der Waals surface area contributed by atoms with Crippen LogP contribution >= 0.6 is 0 Å². The molecule has 2 saturated heterocycles. The molecule has 1 aromatic rings. The first-order chi connectivity index (χ1) is 12.0. The van der Waals surface area contributed by atoms with Crippen LogP contribution in [0.15, 0.2) is 30.3 Å². The molecule has 138 valence electrons. The summed E-state index contributed by atoms with van der Waals surface area (Å²) >= 11 is 0. The van der Waals surface area contributed by atoms with E-state index in [-0.39, 0.29) is 18.4 Å². The zero-order valence-corrected chi connectivity index (χ0v) is 14.6. The second kappa shape index (κ2) is 6.20. The van der Waals surface area contributed by atoms with E-state index in [0.717, 1.165) is 12.2 Å². The smallest absolute Gasteiger partial charge is 0.131 e. The first-order valence-electron chi connectivity index (χ1n) is 8.85. The Hall–Kier alpha value is -1.21. The number of hydrogen-bond acceptors (Lipinski definition) is 5. The number of hydrogen-bond donors (Lipinski definition) is 1. The van der Waals surface area contributed by atoms with E-state index in [4.69, 9.17) is 18.9 Å². The Labute approximate surface area is 147 Å². The normalized spacial score (nSPS) is 45.4. The zero-order valence-electron chi connectivity index (χ0n) is 14.6. The van der Waals surface area contributed by atoms with Crippen LogP contribution in [0, 0.1) is 5.92 Å². The van der Waals surface area contributed by atoms with Gasteiger partial charge in [0.05, 0.1) is 31.3 Å². The molecule has 1 saturated carbocycles. The third kappa shape index (κ3) is 2.95. The number of alkyl halides is 1. The lowest BCUT2D eigenvalue weighted by atomic mass is 9.67. The number of epoxide rings is 2. The molecule has 1 spiro atoms. The molecule has 6 heteroatoms. The van der Waals surface area contributed by atoms with Gasteiger partial charge in [0.1, 0.15) is 29.2 Å². The van der Waals surface area contributed by atoms with Crippen molar-refractivity contribution in [2.24, 2.45) is 5.92 Å². The lowest BCUT2D eigenvalue weighted by Crippen LogP contribution is -2.58. The number of halogens is 1. The fourth-order valence-corrected chi connectivity index (χ4v) is 4.49. The van der Waals surface area contributed by atoms with Gasteiger partial charge in [-0.1, -0.05) is 18.2 Å². The van der Waals surface area contributed by atoms with Crippen molar-refractivity contribution in [3.63, 3.8) is 0 Å². The second-order valence-electron chi connectivity index (χ2n) is 7.48. The minimum atomic E-state index is -1.33. The SMILES string of the molecule is COC1C(O)C(F)CC2(CO2)C1C1(C)OC1CCOc1ccccc1. The Morgan fingerprint density at radius 2 is 2.04 bits per heavy atom. The number of ether oxygens (including phenoxy) is 4. The lowest BCUT2D eigenvalue weighted by molar-refractivity contribution is -0.144. The lowest BCUT2D eigenvalue weighted by Gasteiger charge is -2.42. The van der Waals surface area contributed by atoms with Gasteiger partial charge in [-0.15, -0.1) is 0 Å². The van der Waals surface area contributed by atoms with E-state index in [0.29, 0.717) is 13.2 Å². The molecule has 3 aliphatic rings. The number of para-hydroxylation sites is 1. The largest absolute Gasteiger partial charge is 0.493 e. The molecule has 2 heterocycles. The van der Waals surface area contributed by atoms with E-state index in [2.05, 4.69) is 0 Å². The summed E-state index contributed by atoms with van der Waals surface area (Å²) in [6, 6.07) is 9.64. The Morgan fingerprint density at radius 1 is 1.32 bits per heavy atom. The van der Waals surface area contributed by atoms with Crippen molar-refractivity contribution < 1.29 is 28.4 Å². The molecule has 0 radical (unpaired) electrons. The number of benzene rings is 1. The maximum Gasteiger partial charge on any atom is 0.131 e. The van der Waals surface area contributed by atoms with Gasteiger partial charge >= 0.3 is 0 Å². The molecule has 7 atom stereocenters. The highest BCUT2D eigenvalue weighted by atomic mass is 19.1. The van der Waals surface area contributed by atoms with Gasteiger partial charge in [-0.05, 0) is 19.1 Å². The summed E-state index contributed by atoms with van der Waals surface area (Å²) in [5, 5.41) is 10.2. The molecule has 7 unspecified atom stereocenters. The van der Waals surface area contributed by atoms with Crippen molar-refractivity contribution in [2.75, 3.05) is 20.3 Å². The fourth-order valence-electron chi connectivity index (χ4n) is 4.49. The van der Waals surface area contributed by atoms with Gasteiger partial charge in [-0.2, -0.15) is 0 Å². The van der Waals surface area contributed by atoms with E-state index >= 15 is 0 Å². The minimum Gasteiger partial charge on any atom is -0.493 e. The van der Waals surface area contributed by atoms with Crippen LogP contribution in [0.4, 0.5) is 4.39 Å². The van der Waals surface area contributed by atoms with Crippen molar-refractivity contribution >= 4 is 0 Å². The molecule has 5 nitrogen and oxygen atoms in total. The summed E-state index contributed by atoms with van der Waals surface area (Å²) in [5.41, 5.74) is -1.05. The molecule has 2 aliphatic heterocycles. The molecule has 4 rings (SSSR count). The zero-order chi connectivity index (χ0) is 17.7. The summed E-state index contributed by atoms with van der Waals surface area (Å²) in [6.07, 6.45) is -2.19. The second-order valence-corrected chi connectivity index (χ2v) is 7.48. The van der Waals surface area contributed by atoms with Crippen molar-refractivity contribution in [3.05, 3.63) is 30.3 Å². The van der Waals surface area contributed by atoms with Crippen molar-refractivity contribution in [1.29, 1.82) is 0 Å². The van der Waals surface area contributed by atoms with Crippen LogP contribution in [0.2, 0.25) is 0 Å². The summed E-state index contributed by atoms with van der Waals surface area (Å²) in [4.78, 5) is 0. The Bertz CT molecular complexity index is 607. The molecule has 1 N–H and O–H groups in total. The highest BCUT2D eigenvalue weighted by Crippen LogP contribution is 2.59. The summed E-state index contributed by atoms with van der Waals surface area (Å²) < 4.78 is 37.0. The molecule has 3 fully saturated rings. The average Bonchev–Trinajstić information content (AvgIpc) is 3.51. The van der Waals surface area contributed by atoms with Gasteiger partial charge in [-0.25, -0.2) is 4.39 Å². The van der Waals surface area contributed by atoms with E-state index in [1.807, 2.05) is 37.3 Å². The van der Waals surface area contributed by atoms with Gasteiger partial charge in [-0.3, -0.25) is 0 Å². The molecule has 1 aliphatic carbocycles. The molecular weight excluding hydrogens is 327 g/mol. The maximum absolute atomic E-state index is 14.1. The molecular formula is C19H25FO5. The summed E-state index contributed by atoms with van der Waals surface area (Å²) in [6.45, 7) is 3.04. The highest BCUT2D eigenvalue weighted by Gasteiger charge is 2.73. The quantitative estimate of drug-likeness (QED) is 0.795. The van der Waals surface area contributed by atoms with Crippen molar-refractivity contribution in [2.45, 2.75) is 55.5 Å². The Balaban J connectivity index is 1.40. The van der Waals surface area contributed by atoms with Crippen LogP contribution in [-0.2, 0) is 14.2 Å². The molecule has 1 aromatic carbocycles. The van der Waals surface area contributed by atoms with Crippen LogP contribution in [0.25, 0.3) is 0 Å². The van der Waals surface area contributed by atoms with E-state index in [1.54, 1.807) is 0 Å². The Kier molecular flexibility index (Phi) is 4.27. The first kappa shape index (κ1) is 17.2. The summed E-state index contributed by atoms with van der Waals surface area (Å²) in [5.74, 6) is 0.642. The van der Waals surface area contributed by atoms with E-state index in [1.165, 1.54) is 7.11 Å². The van der Waals surface area contributed by atoms with Crippen LogP contribution < -0.4 is 4.74 Å². The Morgan fingerprint density at radius 3 is 2.68 bits per heavy atom. The van der Waals surface area contributed by atoms with Crippen molar-refractivity contribution in [3.8, 4) is 5.75 Å². The molecule has 25 heavy (non-hydrogen) atoms. The number of aliphatic hydroxyl groups excluding tert-OH is 1. The number of aliphatic hydroxyl groups is 1. The van der Waals surface area contributed by atoms with Crippen LogP contribution in [-0.4, -0.2) is 61.1 Å². The highest BCUT2D eigenvalue weighted by molar-refractivity contribution is 5.22. The van der Waals surface area contributed by atoms with Gasteiger partial charge < -0.3 is 24.1 Å². The van der Waals surface area contributed by atoms with Gasteiger partial charge in [0.25, 0.3) is 0 Å². The van der Waals surface area contributed by atoms with Gasteiger partial charge in [0.15, 0.2) is 0 Å².